The fourth-order valence-corrected chi connectivity index (χ4v) is 1.34. The number of phenolic OH excluding ortho intramolecular Hbond substituents is 5. The first-order chi connectivity index (χ1) is 9.27. The molecule has 0 aliphatic rings. The van der Waals surface area contributed by atoms with Gasteiger partial charge in [0.25, 0.3) is 0 Å². The van der Waals surface area contributed by atoms with E-state index >= 15 is 0 Å². The van der Waals surface area contributed by atoms with Crippen LogP contribution in [0.15, 0.2) is 0 Å². The number of carbonyl (C=O) groups is 2. The van der Waals surface area contributed by atoms with Gasteiger partial charge in [-0.3, -0.25) is 4.79 Å². The molecular weight excluding hydrogens is 276 g/mol. The molecule has 0 atom stereocenters. The van der Waals surface area contributed by atoms with Gasteiger partial charge in [-0.2, -0.15) is 0 Å². The number of carboxylic acids is 1. The van der Waals surface area contributed by atoms with Gasteiger partial charge in [0, 0.05) is 6.42 Å². The molecule has 0 spiro atoms. The van der Waals surface area contributed by atoms with Gasteiger partial charge < -0.3 is 35.4 Å². The number of phenols is 5. The number of rotatable bonds is 5. The van der Waals surface area contributed by atoms with E-state index in [0.29, 0.717) is 0 Å². The van der Waals surface area contributed by atoms with Crippen molar-refractivity contribution in [1.82, 2.24) is 0 Å². The average Bonchev–Trinajstić information content (AvgIpc) is 2.39. The molecule has 0 aromatic heterocycles. The summed E-state index contributed by atoms with van der Waals surface area (Å²) >= 11 is 0. The Balaban J connectivity index is 2.91. The number of esters is 1. The fourth-order valence-electron chi connectivity index (χ4n) is 1.34. The maximum atomic E-state index is 11.6. The molecule has 1 rings (SSSR count). The van der Waals surface area contributed by atoms with E-state index < -0.39 is 46.2 Å². The molecule has 1 aromatic rings. The summed E-state index contributed by atoms with van der Waals surface area (Å²) in [4.78, 5) is 21.8. The van der Waals surface area contributed by atoms with Crippen LogP contribution in [-0.4, -0.2) is 49.2 Å². The molecule has 110 valence electrons. The van der Waals surface area contributed by atoms with Crippen LogP contribution in [0.1, 0.15) is 23.2 Å². The van der Waals surface area contributed by atoms with Crippen LogP contribution in [0, 0.1) is 0 Å². The molecule has 0 saturated carbocycles. The molecule has 0 amide bonds. The van der Waals surface area contributed by atoms with Gasteiger partial charge in [0.1, 0.15) is 0 Å². The lowest BCUT2D eigenvalue weighted by Gasteiger charge is -2.11. The number of ether oxygens (including phenoxy) is 1. The van der Waals surface area contributed by atoms with Gasteiger partial charge in [-0.15, -0.1) is 0 Å². The molecule has 0 aliphatic carbocycles. The number of aromatic hydroxyl groups is 5. The van der Waals surface area contributed by atoms with Gasteiger partial charge >= 0.3 is 11.9 Å². The van der Waals surface area contributed by atoms with Crippen molar-refractivity contribution in [2.75, 3.05) is 6.61 Å². The predicted octanol–water partition coefficient (Wildman–Crippen LogP) is 0.236. The van der Waals surface area contributed by atoms with E-state index in [1.807, 2.05) is 0 Å². The normalized spacial score (nSPS) is 10.2. The molecule has 6 N–H and O–H groups in total. The Kier molecular flexibility index (Phi) is 4.46. The zero-order valence-electron chi connectivity index (χ0n) is 10.0. The maximum Gasteiger partial charge on any atom is 0.346 e. The van der Waals surface area contributed by atoms with E-state index in [0.717, 1.165) is 0 Å². The van der Waals surface area contributed by atoms with E-state index in [-0.39, 0.29) is 19.4 Å². The highest BCUT2D eigenvalue weighted by Gasteiger charge is 2.28. The lowest BCUT2D eigenvalue weighted by atomic mass is 10.1. The van der Waals surface area contributed by atoms with Gasteiger partial charge in [0.2, 0.25) is 17.2 Å². The number of benzene rings is 1. The third-order valence-corrected chi connectivity index (χ3v) is 2.34. The summed E-state index contributed by atoms with van der Waals surface area (Å²) < 4.78 is 4.56. The Bertz CT molecular complexity index is 520. The second-order valence-corrected chi connectivity index (χ2v) is 3.75. The Morgan fingerprint density at radius 1 is 0.850 bits per heavy atom. The van der Waals surface area contributed by atoms with Crippen molar-refractivity contribution >= 4 is 11.9 Å². The molecule has 0 unspecified atom stereocenters. The van der Waals surface area contributed by atoms with Crippen LogP contribution in [0.4, 0.5) is 0 Å². The summed E-state index contributed by atoms with van der Waals surface area (Å²) in [5.41, 5.74) is -0.937. The largest absolute Gasteiger partial charge is 0.503 e. The quantitative estimate of drug-likeness (QED) is 0.192. The Hall–Kier alpha value is -2.84. The summed E-state index contributed by atoms with van der Waals surface area (Å²) in [6.45, 7) is -0.313. The monoisotopic (exact) mass is 288 g/mol. The first-order valence-corrected chi connectivity index (χ1v) is 5.35. The van der Waals surface area contributed by atoms with Crippen LogP contribution in [0.25, 0.3) is 0 Å². The molecule has 0 fully saturated rings. The lowest BCUT2D eigenvalue weighted by Crippen LogP contribution is -2.08. The highest BCUT2D eigenvalue weighted by molar-refractivity contribution is 5.98. The first kappa shape index (κ1) is 15.2. The van der Waals surface area contributed by atoms with E-state index in [1.165, 1.54) is 0 Å². The molecule has 0 aliphatic heterocycles. The van der Waals surface area contributed by atoms with Crippen molar-refractivity contribution in [2.24, 2.45) is 0 Å². The first-order valence-electron chi connectivity index (χ1n) is 5.35. The van der Waals surface area contributed by atoms with Gasteiger partial charge in [-0.1, -0.05) is 0 Å². The van der Waals surface area contributed by atoms with Gasteiger partial charge in [0.15, 0.2) is 17.1 Å². The summed E-state index contributed by atoms with van der Waals surface area (Å²) in [7, 11) is 0. The minimum atomic E-state index is -1.30. The van der Waals surface area contributed by atoms with Crippen LogP contribution in [0.2, 0.25) is 0 Å². The number of hydrogen-bond acceptors (Lipinski definition) is 8. The highest BCUT2D eigenvalue weighted by Crippen LogP contribution is 2.50. The lowest BCUT2D eigenvalue weighted by molar-refractivity contribution is -0.137. The van der Waals surface area contributed by atoms with Gasteiger partial charge in [-0.25, -0.2) is 4.79 Å². The average molecular weight is 288 g/mol. The van der Waals surface area contributed by atoms with Crippen molar-refractivity contribution in [2.45, 2.75) is 12.8 Å². The van der Waals surface area contributed by atoms with Crippen LogP contribution >= 0.6 is 0 Å². The van der Waals surface area contributed by atoms with E-state index in [1.54, 1.807) is 0 Å². The summed E-state index contributed by atoms with van der Waals surface area (Å²) in [6, 6.07) is 0. The van der Waals surface area contributed by atoms with Gasteiger partial charge in [0.05, 0.1) is 6.61 Å². The Labute approximate surface area is 111 Å². The summed E-state index contributed by atoms with van der Waals surface area (Å²) in [5.74, 6) is -8.30. The van der Waals surface area contributed by atoms with E-state index in [9.17, 15) is 30.0 Å². The molecule has 9 nitrogen and oxygen atoms in total. The molecule has 0 radical (unpaired) electrons. The summed E-state index contributed by atoms with van der Waals surface area (Å²) in [6.07, 6.45) is -0.254. The van der Waals surface area contributed by atoms with E-state index in [4.69, 9.17) is 10.2 Å². The van der Waals surface area contributed by atoms with Crippen LogP contribution in [0.5, 0.6) is 28.7 Å². The fraction of sp³-hybridized carbons (Fsp3) is 0.273. The van der Waals surface area contributed by atoms with Crippen molar-refractivity contribution in [3.05, 3.63) is 5.56 Å². The molecule has 0 saturated heterocycles. The van der Waals surface area contributed by atoms with E-state index in [2.05, 4.69) is 4.74 Å². The van der Waals surface area contributed by atoms with Crippen molar-refractivity contribution in [3.8, 4) is 28.7 Å². The van der Waals surface area contributed by atoms with Crippen molar-refractivity contribution < 1.29 is 45.0 Å². The number of carboxylic acid groups (broad SMARTS) is 1. The number of hydrogen-bond donors (Lipinski definition) is 6. The molecule has 1 aromatic carbocycles. The third-order valence-electron chi connectivity index (χ3n) is 2.34. The molecule has 0 bridgehead atoms. The topological polar surface area (TPSA) is 165 Å². The maximum absolute atomic E-state index is 11.6. The van der Waals surface area contributed by atoms with Crippen LogP contribution < -0.4 is 0 Å². The number of aliphatic carboxylic acids is 1. The van der Waals surface area contributed by atoms with Crippen LogP contribution in [0.3, 0.4) is 0 Å². The second-order valence-electron chi connectivity index (χ2n) is 3.75. The molecule has 0 heterocycles. The summed E-state index contributed by atoms with van der Waals surface area (Å²) in [5, 5.41) is 54.8. The second kappa shape index (κ2) is 5.87. The molecule has 9 heteroatoms. The highest BCUT2D eigenvalue weighted by atomic mass is 16.5. The van der Waals surface area contributed by atoms with Crippen LogP contribution in [-0.2, 0) is 9.53 Å². The minimum Gasteiger partial charge on any atom is -0.503 e. The minimum absolute atomic E-state index is 0.00134. The Morgan fingerprint density at radius 3 is 1.75 bits per heavy atom. The zero-order valence-corrected chi connectivity index (χ0v) is 10.0. The zero-order chi connectivity index (χ0) is 15.4. The molecule has 20 heavy (non-hydrogen) atoms. The molecular formula is C11H12O9. The smallest absolute Gasteiger partial charge is 0.346 e. The number of carbonyl (C=O) groups excluding carboxylic acids is 1. The Morgan fingerprint density at radius 2 is 1.30 bits per heavy atom. The third kappa shape index (κ3) is 2.94. The van der Waals surface area contributed by atoms with Crippen molar-refractivity contribution in [1.29, 1.82) is 0 Å². The van der Waals surface area contributed by atoms with Gasteiger partial charge in [-0.05, 0) is 6.42 Å². The SMILES string of the molecule is O=C(O)CCCOC(=O)c1c(O)c(O)c(O)c(O)c1O. The van der Waals surface area contributed by atoms with Crippen molar-refractivity contribution in [3.63, 3.8) is 0 Å². The standard InChI is InChI=1S/C11H12O9/c12-4(13)2-1-3-20-11(19)5-6(14)8(16)10(18)9(17)7(5)15/h14-18H,1-3H2,(H,12,13). The predicted molar refractivity (Wildman–Crippen MR) is 61.9 cm³/mol.